The Labute approximate surface area is 192 Å². The zero-order chi connectivity index (χ0) is 22.4. The molecule has 0 aliphatic heterocycles. The van der Waals surface area contributed by atoms with Gasteiger partial charge in [-0.05, 0) is 110 Å². The summed E-state index contributed by atoms with van der Waals surface area (Å²) in [5.74, 6) is 6.22. The highest BCUT2D eigenvalue weighted by molar-refractivity contribution is 5.66. The first-order valence-electron chi connectivity index (χ1n) is 13.8. The fourth-order valence-electron chi connectivity index (χ4n) is 9.59. The van der Waals surface area contributed by atoms with Crippen LogP contribution in [0, 0.1) is 52.3 Å². The molecule has 2 heteroatoms. The van der Waals surface area contributed by atoms with E-state index < -0.39 is 0 Å². The van der Waals surface area contributed by atoms with Crippen LogP contribution in [0.5, 0.6) is 0 Å². The molecule has 2 nitrogen and oxygen atoms in total. The van der Waals surface area contributed by atoms with Gasteiger partial charge in [-0.1, -0.05) is 53.9 Å². The summed E-state index contributed by atoms with van der Waals surface area (Å²) in [6, 6.07) is 0. The van der Waals surface area contributed by atoms with Crippen molar-refractivity contribution in [3.8, 4) is 0 Å². The van der Waals surface area contributed by atoms with Crippen LogP contribution in [-0.4, -0.2) is 12.1 Å². The van der Waals surface area contributed by atoms with Crippen LogP contribution in [0.15, 0.2) is 0 Å². The SMILES string of the molecule is CC(=O)OC1CCC2(C)[C@@H](CCC3[C@@H]2CCC2(C)[C@@H]([C@H](C)CCCC(C)C)CC[C@@H]32)C1. The van der Waals surface area contributed by atoms with Crippen LogP contribution < -0.4 is 0 Å². The molecule has 4 saturated carbocycles. The second-order valence-corrected chi connectivity index (χ2v) is 13.2. The standard InChI is InChI=1S/C29H50O2/c1-19(2)8-7-9-20(3)25-12-13-26-24-11-10-22-18-23(31-21(4)30)14-16-28(22,5)27(24)15-17-29(25,26)6/h19-20,22-27H,7-18H2,1-6H3/t20-,22+,23?,24?,25-,26+,27+,28?,29?/m1/s1. The van der Waals surface area contributed by atoms with E-state index in [9.17, 15) is 4.79 Å². The summed E-state index contributed by atoms with van der Waals surface area (Å²) < 4.78 is 5.65. The van der Waals surface area contributed by atoms with Crippen LogP contribution in [-0.2, 0) is 9.53 Å². The lowest BCUT2D eigenvalue weighted by Crippen LogP contribution is -2.54. The first kappa shape index (κ1) is 23.6. The zero-order valence-electron chi connectivity index (χ0n) is 21.4. The van der Waals surface area contributed by atoms with Crippen molar-refractivity contribution in [2.45, 2.75) is 125 Å². The minimum absolute atomic E-state index is 0.0877. The molecule has 178 valence electrons. The van der Waals surface area contributed by atoms with Crippen molar-refractivity contribution in [1.29, 1.82) is 0 Å². The molecule has 0 spiro atoms. The van der Waals surface area contributed by atoms with E-state index in [0.29, 0.717) is 10.8 Å². The van der Waals surface area contributed by atoms with Crippen LogP contribution in [0.1, 0.15) is 119 Å². The number of ether oxygens (including phenoxy) is 1. The minimum Gasteiger partial charge on any atom is -0.463 e. The number of hydrogen-bond acceptors (Lipinski definition) is 2. The van der Waals surface area contributed by atoms with Crippen molar-refractivity contribution in [2.24, 2.45) is 52.3 Å². The Bertz CT molecular complexity index is 641. The topological polar surface area (TPSA) is 26.3 Å². The van der Waals surface area contributed by atoms with Gasteiger partial charge < -0.3 is 4.74 Å². The Hall–Kier alpha value is -0.530. The Balaban J connectivity index is 1.43. The predicted octanol–water partition coefficient (Wildman–Crippen LogP) is 8.04. The van der Waals surface area contributed by atoms with E-state index in [4.69, 9.17) is 4.74 Å². The third-order valence-electron chi connectivity index (χ3n) is 11.2. The number of carbonyl (C=O) groups excluding carboxylic acids is 1. The molecule has 31 heavy (non-hydrogen) atoms. The molecule has 9 atom stereocenters. The van der Waals surface area contributed by atoms with Gasteiger partial charge in [0.1, 0.15) is 6.10 Å². The Morgan fingerprint density at radius 3 is 2.32 bits per heavy atom. The molecule has 4 aliphatic carbocycles. The van der Waals surface area contributed by atoms with Gasteiger partial charge in [-0.25, -0.2) is 0 Å². The molecular weight excluding hydrogens is 380 g/mol. The molecule has 4 rings (SSSR count). The van der Waals surface area contributed by atoms with Gasteiger partial charge in [0.15, 0.2) is 0 Å². The molecule has 0 aromatic heterocycles. The van der Waals surface area contributed by atoms with Gasteiger partial charge in [0.2, 0.25) is 0 Å². The molecule has 4 unspecified atom stereocenters. The lowest BCUT2D eigenvalue weighted by molar-refractivity contribution is -0.160. The van der Waals surface area contributed by atoms with E-state index in [0.717, 1.165) is 54.3 Å². The number of fused-ring (bicyclic) bond motifs is 5. The zero-order valence-corrected chi connectivity index (χ0v) is 21.4. The highest BCUT2D eigenvalue weighted by atomic mass is 16.5. The summed E-state index contributed by atoms with van der Waals surface area (Å²) in [6.07, 6.45) is 16.6. The van der Waals surface area contributed by atoms with Gasteiger partial charge in [-0.2, -0.15) is 0 Å². The van der Waals surface area contributed by atoms with Gasteiger partial charge in [0, 0.05) is 6.92 Å². The number of rotatable bonds is 6. The second-order valence-electron chi connectivity index (χ2n) is 13.2. The molecule has 0 bridgehead atoms. The maximum atomic E-state index is 11.5. The van der Waals surface area contributed by atoms with Crippen LogP contribution in [0.4, 0.5) is 0 Å². The minimum atomic E-state index is -0.0877. The molecule has 0 saturated heterocycles. The van der Waals surface area contributed by atoms with Crippen molar-refractivity contribution < 1.29 is 9.53 Å². The first-order chi connectivity index (χ1) is 14.6. The summed E-state index contributed by atoms with van der Waals surface area (Å²) in [7, 11) is 0. The van der Waals surface area contributed by atoms with E-state index in [1.807, 2.05) is 0 Å². The largest absolute Gasteiger partial charge is 0.463 e. The average molecular weight is 431 g/mol. The quantitative estimate of drug-likeness (QED) is 0.398. The van der Waals surface area contributed by atoms with Crippen LogP contribution in [0.3, 0.4) is 0 Å². The molecule has 0 N–H and O–H groups in total. The maximum absolute atomic E-state index is 11.5. The maximum Gasteiger partial charge on any atom is 0.302 e. The number of esters is 1. The molecule has 4 aliphatic rings. The number of hydrogen-bond donors (Lipinski definition) is 0. The average Bonchev–Trinajstić information content (AvgIpc) is 3.05. The van der Waals surface area contributed by atoms with Gasteiger partial charge in [-0.3, -0.25) is 4.79 Å². The molecule has 0 heterocycles. The number of carbonyl (C=O) groups is 1. The first-order valence-corrected chi connectivity index (χ1v) is 13.8. The summed E-state index contributed by atoms with van der Waals surface area (Å²) in [5.41, 5.74) is 1.08. The Kier molecular flexibility index (Phi) is 6.87. The predicted molar refractivity (Wildman–Crippen MR) is 129 cm³/mol. The molecule has 0 amide bonds. The fourth-order valence-corrected chi connectivity index (χ4v) is 9.59. The van der Waals surface area contributed by atoms with Crippen molar-refractivity contribution in [1.82, 2.24) is 0 Å². The van der Waals surface area contributed by atoms with Crippen LogP contribution >= 0.6 is 0 Å². The summed E-state index contributed by atoms with van der Waals surface area (Å²) >= 11 is 0. The van der Waals surface area contributed by atoms with Gasteiger partial charge in [0.25, 0.3) is 0 Å². The van der Waals surface area contributed by atoms with E-state index in [-0.39, 0.29) is 12.1 Å². The monoisotopic (exact) mass is 430 g/mol. The summed E-state index contributed by atoms with van der Waals surface area (Å²) in [5, 5.41) is 0. The molecule has 0 radical (unpaired) electrons. The van der Waals surface area contributed by atoms with Crippen molar-refractivity contribution in [3.63, 3.8) is 0 Å². The molecule has 4 fully saturated rings. The highest BCUT2D eigenvalue weighted by Gasteiger charge is 2.60. The lowest BCUT2D eigenvalue weighted by atomic mass is 9.44. The fraction of sp³-hybridized carbons (Fsp3) is 0.966. The highest BCUT2D eigenvalue weighted by Crippen LogP contribution is 2.68. The van der Waals surface area contributed by atoms with Crippen LogP contribution in [0.2, 0.25) is 0 Å². The Morgan fingerprint density at radius 1 is 0.903 bits per heavy atom. The van der Waals surface area contributed by atoms with Crippen molar-refractivity contribution in [2.75, 3.05) is 0 Å². The molecule has 0 aromatic rings. The van der Waals surface area contributed by atoms with Gasteiger partial charge in [-0.15, -0.1) is 0 Å². The summed E-state index contributed by atoms with van der Waals surface area (Å²) in [4.78, 5) is 11.5. The van der Waals surface area contributed by atoms with Gasteiger partial charge >= 0.3 is 5.97 Å². The smallest absolute Gasteiger partial charge is 0.302 e. The second kappa shape index (κ2) is 9.02. The normalized spacial score (nSPS) is 45.5. The molecular formula is C29H50O2. The van der Waals surface area contributed by atoms with Crippen molar-refractivity contribution >= 4 is 5.97 Å². The van der Waals surface area contributed by atoms with Gasteiger partial charge in [0.05, 0.1) is 0 Å². The molecule has 0 aromatic carbocycles. The third kappa shape index (κ3) is 4.35. The third-order valence-corrected chi connectivity index (χ3v) is 11.2. The lowest BCUT2D eigenvalue weighted by Gasteiger charge is -2.61. The Morgan fingerprint density at radius 2 is 1.61 bits per heavy atom. The van der Waals surface area contributed by atoms with E-state index in [1.54, 1.807) is 6.92 Å². The van der Waals surface area contributed by atoms with E-state index >= 15 is 0 Å². The van der Waals surface area contributed by atoms with Crippen LogP contribution in [0.25, 0.3) is 0 Å². The van der Waals surface area contributed by atoms with Crippen molar-refractivity contribution in [3.05, 3.63) is 0 Å². The van der Waals surface area contributed by atoms with E-state index in [1.165, 1.54) is 64.2 Å². The van der Waals surface area contributed by atoms with E-state index in [2.05, 4.69) is 34.6 Å². The summed E-state index contributed by atoms with van der Waals surface area (Å²) in [6.45, 7) is 14.2.